The van der Waals surface area contributed by atoms with Gasteiger partial charge in [0, 0.05) is 40.5 Å². The number of amides is 1. The molecule has 0 atom stereocenters. The monoisotopic (exact) mass is 441 g/mol. The fourth-order valence-electron chi connectivity index (χ4n) is 4.37. The second kappa shape index (κ2) is 7.89. The Bertz CT molecular complexity index is 1400. The molecule has 0 saturated carbocycles. The van der Waals surface area contributed by atoms with Crippen molar-refractivity contribution in [2.45, 2.75) is 26.2 Å². The molecule has 0 radical (unpaired) electrons. The van der Waals surface area contributed by atoms with Crippen molar-refractivity contribution >= 4 is 11.6 Å². The average Bonchev–Trinajstić information content (AvgIpc) is 3.01. The van der Waals surface area contributed by atoms with Gasteiger partial charge in [-0.05, 0) is 60.4 Å². The van der Waals surface area contributed by atoms with Crippen LogP contribution >= 0.6 is 0 Å². The van der Waals surface area contributed by atoms with Crippen molar-refractivity contribution in [2.75, 3.05) is 5.32 Å². The standard InChI is InChI=1S/C27H21F2N3O/c1-16-11-18(15-31-26(16)19-9-10-30-17(2)12-19)13-25(33)32-20-7-8-22-21-5-3-4-6-23(21)27(28,29)24(22)14-20/h3-12,14-15H,13H2,1-2H3,(H,32,33). The van der Waals surface area contributed by atoms with E-state index >= 15 is 0 Å². The Balaban J connectivity index is 1.33. The summed E-state index contributed by atoms with van der Waals surface area (Å²) in [5, 5.41) is 2.75. The number of halogens is 2. The summed E-state index contributed by atoms with van der Waals surface area (Å²) in [7, 11) is 0. The molecule has 0 fully saturated rings. The quantitative estimate of drug-likeness (QED) is 0.419. The van der Waals surface area contributed by atoms with E-state index in [1.165, 1.54) is 12.1 Å². The Morgan fingerprint density at radius 1 is 0.939 bits per heavy atom. The van der Waals surface area contributed by atoms with Crippen molar-refractivity contribution in [3.63, 3.8) is 0 Å². The molecule has 2 heterocycles. The third kappa shape index (κ3) is 3.78. The lowest BCUT2D eigenvalue weighted by molar-refractivity contribution is -0.115. The number of aromatic nitrogens is 2. The molecule has 1 N–H and O–H groups in total. The summed E-state index contributed by atoms with van der Waals surface area (Å²) in [6.45, 7) is 3.87. The molecular weight excluding hydrogens is 420 g/mol. The average molecular weight is 441 g/mol. The normalized spacial score (nSPS) is 13.3. The van der Waals surface area contributed by atoms with E-state index in [1.54, 1.807) is 42.7 Å². The minimum atomic E-state index is -3.09. The van der Waals surface area contributed by atoms with Crippen LogP contribution in [0.4, 0.5) is 14.5 Å². The minimum Gasteiger partial charge on any atom is -0.326 e. The Morgan fingerprint density at radius 3 is 2.52 bits per heavy atom. The fraction of sp³-hybridized carbons (Fsp3) is 0.148. The molecule has 4 aromatic rings. The molecule has 5 rings (SSSR count). The van der Waals surface area contributed by atoms with E-state index in [9.17, 15) is 13.6 Å². The number of benzene rings is 2. The number of alkyl halides is 2. The Labute approximate surface area is 190 Å². The summed E-state index contributed by atoms with van der Waals surface area (Å²) < 4.78 is 29.8. The number of carbonyl (C=O) groups is 1. The zero-order valence-corrected chi connectivity index (χ0v) is 18.2. The number of pyridine rings is 2. The molecule has 0 saturated heterocycles. The van der Waals surface area contributed by atoms with E-state index in [-0.39, 0.29) is 23.5 Å². The number of fused-ring (bicyclic) bond motifs is 3. The number of nitrogens with zero attached hydrogens (tertiary/aromatic N) is 2. The summed E-state index contributed by atoms with van der Waals surface area (Å²) >= 11 is 0. The first-order valence-corrected chi connectivity index (χ1v) is 10.6. The Morgan fingerprint density at radius 2 is 1.73 bits per heavy atom. The van der Waals surface area contributed by atoms with E-state index in [4.69, 9.17) is 0 Å². The number of rotatable bonds is 4. The van der Waals surface area contributed by atoms with E-state index in [0.29, 0.717) is 16.8 Å². The van der Waals surface area contributed by atoms with Gasteiger partial charge in [-0.1, -0.05) is 36.4 Å². The zero-order chi connectivity index (χ0) is 23.2. The summed E-state index contributed by atoms with van der Waals surface area (Å²) in [5.74, 6) is -3.38. The molecular formula is C27H21F2N3O. The van der Waals surface area contributed by atoms with Crippen molar-refractivity contribution in [1.29, 1.82) is 0 Å². The third-order valence-electron chi connectivity index (χ3n) is 5.87. The van der Waals surface area contributed by atoms with E-state index in [1.807, 2.05) is 32.0 Å². The second-order valence-corrected chi connectivity index (χ2v) is 8.30. The molecule has 1 amide bonds. The molecule has 4 nitrogen and oxygen atoms in total. The highest BCUT2D eigenvalue weighted by Crippen LogP contribution is 2.51. The number of nitrogens with one attached hydrogen (secondary N) is 1. The summed E-state index contributed by atoms with van der Waals surface area (Å²) in [6.07, 6.45) is 3.51. The van der Waals surface area contributed by atoms with Crippen LogP contribution in [0.3, 0.4) is 0 Å². The van der Waals surface area contributed by atoms with Crippen molar-refractivity contribution in [2.24, 2.45) is 0 Å². The largest absolute Gasteiger partial charge is 0.326 e. The van der Waals surface area contributed by atoms with Crippen molar-refractivity contribution < 1.29 is 13.6 Å². The Hall–Kier alpha value is -3.93. The van der Waals surface area contributed by atoms with Gasteiger partial charge in [-0.2, -0.15) is 8.78 Å². The van der Waals surface area contributed by atoms with Gasteiger partial charge in [-0.15, -0.1) is 0 Å². The van der Waals surface area contributed by atoms with E-state index < -0.39 is 5.92 Å². The molecule has 164 valence electrons. The van der Waals surface area contributed by atoms with Gasteiger partial charge in [0.05, 0.1) is 12.1 Å². The van der Waals surface area contributed by atoms with Crippen LogP contribution in [0.5, 0.6) is 0 Å². The highest BCUT2D eigenvalue weighted by atomic mass is 19.3. The van der Waals surface area contributed by atoms with E-state index in [0.717, 1.165) is 28.1 Å². The second-order valence-electron chi connectivity index (χ2n) is 8.30. The topological polar surface area (TPSA) is 54.9 Å². The molecule has 0 bridgehead atoms. The van der Waals surface area contributed by atoms with Gasteiger partial charge in [0.2, 0.25) is 5.91 Å². The molecule has 0 spiro atoms. The van der Waals surface area contributed by atoms with Gasteiger partial charge >= 0.3 is 0 Å². The maximum Gasteiger partial charge on any atom is 0.299 e. The van der Waals surface area contributed by atoms with Crippen molar-refractivity contribution in [1.82, 2.24) is 9.97 Å². The van der Waals surface area contributed by atoms with E-state index in [2.05, 4.69) is 15.3 Å². The lowest BCUT2D eigenvalue weighted by atomic mass is 10.0. The van der Waals surface area contributed by atoms with Gasteiger partial charge in [0.25, 0.3) is 5.92 Å². The number of hydrogen-bond donors (Lipinski definition) is 1. The molecule has 2 aromatic heterocycles. The fourth-order valence-corrected chi connectivity index (χ4v) is 4.37. The minimum absolute atomic E-state index is 0.00509. The first-order chi connectivity index (χ1) is 15.8. The molecule has 33 heavy (non-hydrogen) atoms. The van der Waals surface area contributed by atoms with Gasteiger partial charge in [0.15, 0.2) is 0 Å². The highest BCUT2D eigenvalue weighted by Gasteiger charge is 2.44. The van der Waals surface area contributed by atoms with Crippen LogP contribution in [0.2, 0.25) is 0 Å². The maximum atomic E-state index is 14.9. The maximum absolute atomic E-state index is 14.9. The lowest BCUT2D eigenvalue weighted by Gasteiger charge is -2.14. The molecule has 1 aliphatic carbocycles. The molecule has 0 unspecified atom stereocenters. The van der Waals surface area contributed by atoms with Crippen LogP contribution in [0.15, 0.2) is 73.1 Å². The lowest BCUT2D eigenvalue weighted by Crippen LogP contribution is -2.16. The molecule has 1 aliphatic rings. The summed E-state index contributed by atoms with van der Waals surface area (Å²) in [6, 6.07) is 16.9. The molecule has 6 heteroatoms. The summed E-state index contributed by atoms with van der Waals surface area (Å²) in [5.41, 5.74) is 5.68. The van der Waals surface area contributed by atoms with Crippen LogP contribution < -0.4 is 5.32 Å². The van der Waals surface area contributed by atoms with Gasteiger partial charge in [-0.3, -0.25) is 14.8 Å². The van der Waals surface area contributed by atoms with Gasteiger partial charge in [0.1, 0.15) is 0 Å². The van der Waals surface area contributed by atoms with Crippen LogP contribution in [0.1, 0.15) is 27.9 Å². The summed E-state index contributed by atoms with van der Waals surface area (Å²) in [4.78, 5) is 21.4. The highest BCUT2D eigenvalue weighted by molar-refractivity contribution is 5.93. The first-order valence-electron chi connectivity index (χ1n) is 10.6. The SMILES string of the molecule is Cc1cc(-c2ncc(CC(=O)Nc3ccc4c(c3)C(F)(F)c3ccccc3-4)cc2C)ccn1. The predicted molar refractivity (Wildman–Crippen MR) is 124 cm³/mol. The number of carbonyl (C=O) groups excluding carboxylic acids is 1. The number of aryl methyl sites for hydroxylation is 2. The predicted octanol–water partition coefficient (Wildman–Crippen LogP) is 6.06. The van der Waals surface area contributed by atoms with Gasteiger partial charge < -0.3 is 5.32 Å². The van der Waals surface area contributed by atoms with Crippen LogP contribution in [-0.4, -0.2) is 15.9 Å². The molecule has 0 aliphatic heterocycles. The smallest absolute Gasteiger partial charge is 0.299 e. The Kier molecular flexibility index (Phi) is 5.01. The van der Waals surface area contributed by atoms with Crippen molar-refractivity contribution in [3.8, 4) is 22.4 Å². The molecule has 2 aromatic carbocycles. The number of hydrogen-bond acceptors (Lipinski definition) is 3. The van der Waals surface area contributed by atoms with Crippen LogP contribution in [0, 0.1) is 13.8 Å². The first kappa shape index (κ1) is 20.9. The third-order valence-corrected chi connectivity index (χ3v) is 5.87. The number of anilines is 1. The van der Waals surface area contributed by atoms with Crippen molar-refractivity contribution in [3.05, 3.63) is 101 Å². The van der Waals surface area contributed by atoms with Gasteiger partial charge in [-0.25, -0.2) is 0 Å². The van der Waals surface area contributed by atoms with Crippen LogP contribution in [-0.2, 0) is 17.1 Å². The van der Waals surface area contributed by atoms with Crippen LogP contribution in [0.25, 0.3) is 22.4 Å². The zero-order valence-electron chi connectivity index (χ0n) is 18.2.